The van der Waals surface area contributed by atoms with E-state index >= 15 is 0 Å². The second-order valence-electron chi connectivity index (χ2n) is 5.80. The molecule has 2 rings (SSSR count). The summed E-state index contributed by atoms with van der Waals surface area (Å²) >= 11 is 0. The summed E-state index contributed by atoms with van der Waals surface area (Å²) in [6.07, 6.45) is 0. The molecule has 0 aromatic heterocycles. The van der Waals surface area contributed by atoms with Crippen LogP contribution in [0.5, 0.6) is 11.5 Å². The van der Waals surface area contributed by atoms with Gasteiger partial charge < -0.3 is 9.47 Å². The monoisotopic (exact) mass is 363 g/mol. The van der Waals surface area contributed by atoms with E-state index in [1.54, 1.807) is 12.1 Å². The largest absolute Gasteiger partial charge is 0.494 e. The minimum Gasteiger partial charge on any atom is -0.494 e. The van der Waals surface area contributed by atoms with Crippen molar-refractivity contribution in [3.63, 3.8) is 0 Å². The number of nitrogens with one attached hydrogen (secondary N) is 1. The van der Waals surface area contributed by atoms with E-state index in [4.69, 9.17) is 9.47 Å². The molecule has 0 aliphatic rings. The van der Waals surface area contributed by atoms with Crippen LogP contribution in [0.4, 0.5) is 0 Å². The number of rotatable bonds is 8. The van der Waals surface area contributed by atoms with Crippen LogP contribution < -0.4 is 14.2 Å². The van der Waals surface area contributed by atoms with Crippen molar-refractivity contribution in [2.75, 3.05) is 19.8 Å². The van der Waals surface area contributed by atoms with Crippen molar-refractivity contribution in [1.82, 2.24) is 4.72 Å². The zero-order chi connectivity index (χ0) is 18.4. The van der Waals surface area contributed by atoms with E-state index in [0.717, 1.165) is 22.4 Å². The summed E-state index contributed by atoms with van der Waals surface area (Å²) in [7, 11) is -3.56. The second kappa shape index (κ2) is 8.36. The summed E-state index contributed by atoms with van der Waals surface area (Å²) in [6, 6.07) is 10.4. The first-order valence-electron chi connectivity index (χ1n) is 8.27. The Bertz CT molecular complexity index is 814. The molecular formula is C19H25NO4S. The fourth-order valence-corrected chi connectivity index (χ4v) is 3.45. The van der Waals surface area contributed by atoms with E-state index < -0.39 is 10.0 Å². The highest BCUT2D eigenvalue weighted by molar-refractivity contribution is 7.89. The van der Waals surface area contributed by atoms with E-state index in [-0.39, 0.29) is 18.0 Å². The van der Waals surface area contributed by atoms with Gasteiger partial charge in [-0.1, -0.05) is 12.1 Å². The smallest absolute Gasteiger partial charge is 0.240 e. The van der Waals surface area contributed by atoms with Crippen LogP contribution in [0.1, 0.15) is 23.6 Å². The van der Waals surface area contributed by atoms with Gasteiger partial charge in [-0.15, -0.1) is 0 Å². The Balaban J connectivity index is 1.93. The summed E-state index contributed by atoms with van der Waals surface area (Å²) in [5.74, 6) is 1.47. The van der Waals surface area contributed by atoms with Gasteiger partial charge in [-0.2, -0.15) is 0 Å². The highest BCUT2D eigenvalue weighted by atomic mass is 32.2. The van der Waals surface area contributed by atoms with Gasteiger partial charge in [-0.25, -0.2) is 13.1 Å². The summed E-state index contributed by atoms with van der Waals surface area (Å²) in [4.78, 5) is 0.207. The molecule has 0 saturated carbocycles. The van der Waals surface area contributed by atoms with Crippen LogP contribution in [-0.4, -0.2) is 28.2 Å². The topological polar surface area (TPSA) is 64.6 Å². The number of ether oxygens (including phenoxy) is 2. The molecule has 2 aromatic rings. The van der Waals surface area contributed by atoms with Crippen molar-refractivity contribution in [3.8, 4) is 11.5 Å². The maximum Gasteiger partial charge on any atom is 0.240 e. The van der Waals surface area contributed by atoms with Crippen LogP contribution in [0.15, 0.2) is 41.3 Å². The van der Waals surface area contributed by atoms with Crippen LogP contribution in [-0.2, 0) is 10.0 Å². The second-order valence-corrected chi connectivity index (χ2v) is 7.57. The SMILES string of the molecule is CCOc1ccc(S(=O)(=O)NCCOc2c(C)ccc(C)c2C)cc1. The Kier molecular flexibility index (Phi) is 6.45. The Morgan fingerprint density at radius 2 is 1.56 bits per heavy atom. The molecule has 6 heteroatoms. The molecule has 0 fully saturated rings. The normalized spacial score (nSPS) is 11.4. The molecular weight excluding hydrogens is 338 g/mol. The molecule has 0 atom stereocenters. The van der Waals surface area contributed by atoms with Crippen LogP contribution in [0.3, 0.4) is 0 Å². The lowest BCUT2D eigenvalue weighted by atomic mass is 10.1. The predicted molar refractivity (Wildman–Crippen MR) is 98.9 cm³/mol. The molecule has 1 N–H and O–H groups in total. The molecule has 0 amide bonds. The number of aryl methyl sites for hydroxylation is 2. The van der Waals surface area contributed by atoms with Crippen molar-refractivity contribution in [1.29, 1.82) is 0 Å². The van der Waals surface area contributed by atoms with Crippen LogP contribution in [0.25, 0.3) is 0 Å². The quantitative estimate of drug-likeness (QED) is 0.731. The first kappa shape index (κ1) is 19.3. The van der Waals surface area contributed by atoms with Gasteiger partial charge in [0, 0.05) is 6.54 Å². The average Bonchev–Trinajstić information content (AvgIpc) is 2.58. The molecule has 5 nitrogen and oxygen atoms in total. The molecule has 0 aliphatic heterocycles. The van der Waals surface area contributed by atoms with Crippen molar-refractivity contribution >= 4 is 10.0 Å². The van der Waals surface area contributed by atoms with Gasteiger partial charge in [-0.05, 0) is 68.7 Å². The van der Waals surface area contributed by atoms with Gasteiger partial charge >= 0.3 is 0 Å². The zero-order valence-electron chi connectivity index (χ0n) is 15.1. The van der Waals surface area contributed by atoms with E-state index in [9.17, 15) is 8.42 Å². The molecule has 136 valence electrons. The fraction of sp³-hybridized carbons (Fsp3) is 0.368. The number of hydrogen-bond donors (Lipinski definition) is 1. The van der Waals surface area contributed by atoms with E-state index in [2.05, 4.69) is 4.72 Å². The van der Waals surface area contributed by atoms with Gasteiger partial charge in [0.05, 0.1) is 11.5 Å². The minimum absolute atomic E-state index is 0.197. The fourth-order valence-electron chi connectivity index (χ4n) is 2.44. The Morgan fingerprint density at radius 1 is 0.920 bits per heavy atom. The highest BCUT2D eigenvalue weighted by Gasteiger charge is 2.14. The Hall–Kier alpha value is -2.05. The van der Waals surface area contributed by atoms with Crippen LogP contribution in [0.2, 0.25) is 0 Å². The van der Waals surface area contributed by atoms with Crippen molar-refractivity contribution in [3.05, 3.63) is 53.1 Å². The first-order valence-corrected chi connectivity index (χ1v) is 9.75. The van der Waals surface area contributed by atoms with E-state index in [1.807, 2.05) is 39.8 Å². The first-order chi connectivity index (χ1) is 11.8. The van der Waals surface area contributed by atoms with Gasteiger partial charge in [0.25, 0.3) is 0 Å². The lowest BCUT2D eigenvalue weighted by Crippen LogP contribution is -2.28. The summed E-state index contributed by atoms with van der Waals surface area (Å²) in [5, 5.41) is 0. The van der Waals surface area contributed by atoms with Crippen molar-refractivity contribution < 1.29 is 17.9 Å². The third kappa shape index (κ3) is 4.96. The maximum absolute atomic E-state index is 12.3. The molecule has 0 spiro atoms. The third-order valence-corrected chi connectivity index (χ3v) is 5.44. The number of benzene rings is 2. The van der Waals surface area contributed by atoms with E-state index in [1.165, 1.54) is 12.1 Å². The average molecular weight is 363 g/mol. The van der Waals surface area contributed by atoms with Crippen molar-refractivity contribution in [2.45, 2.75) is 32.6 Å². The van der Waals surface area contributed by atoms with Gasteiger partial charge in [0.2, 0.25) is 10.0 Å². The minimum atomic E-state index is -3.56. The Morgan fingerprint density at radius 3 is 2.20 bits per heavy atom. The molecule has 0 radical (unpaired) electrons. The number of sulfonamides is 1. The Labute approximate surface area is 150 Å². The lowest BCUT2D eigenvalue weighted by Gasteiger charge is -2.14. The van der Waals surface area contributed by atoms with Crippen LogP contribution in [0, 0.1) is 20.8 Å². The molecule has 0 unspecified atom stereocenters. The van der Waals surface area contributed by atoms with Gasteiger partial charge in [0.1, 0.15) is 18.1 Å². The van der Waals surface area contributed by atoms with Crippen LogP contribution >= 0.6 is 0 Å². The zero-order valence-corrected chi connectivity index (χ0v) is 15.9. The van der Waals surface area contributed by atoms with E-state index in [0.29, 0.717) is 12.4 Å². The molecule has 0 heterocycles. The molecule has 0 saturated heterocycles. The molecule has 25 heavy (non-hydrogen) atoms. The summed E-state index contributed by atoms with van der Waals surface area (Å²) in [6.45, 7) is 8.89. The molecule has 0 aliphatic carbocycles. The summed E-state index contributed by atoms with van der Waals surface area (Å²) in [5.41, 5.74) is 3.27. The van der Waals surface area contributed by atoms with Crippen molar-refractivity contribution in [2.24, 2.45) is 0 Å². The molecule has 0 bridgehead atoms. The predicted octanol–water partition coefficient (Wildman–Crippen LogP) is 3.37. The standard InChI is InChI=1S/C19H25NO4S/c1-5-23-17-8-10-18(11-9-17)25(21,22)20-12-13-24-19-15(3)7-6-14(2)16(19)4/h6-11,20H,5,12-13H2,1-4H3. The molecule has 2 aromatic carbocycles. The number of hydrogen-bond acceptors (Lipinski definition) is 4. The van der Waals surface area contributed by atoms with Gasteiger partial charge in [-0.3, -0.25) is 0 Å². The maximum atomic E-state index is 12.3. The van der Waals surface area contributed by atoms with Gasteiger partial charge in [0.15, 0.2) is 0 Å². The highest BCUT2D eigenvalue weighted by Crippen LogP contribution is 2.25. The third-order valence-electron chi connectivity index (χ3n) is 3.96. The summed E-state index contributed by atoms with van der Waals surface area (Å²) < 4.78 is 38.2. The lowest BCUT2D eigenvalue weighted by molar-refractivity contribution is 0.318.